The molecule has 0 aliphatic rings. The first-order valence-electron chi connectivity index (χ1n) is 10.5. The summed E-state index contributed by atoms with van der Waals surface area (Å²) in [7, 11) is 0. The second kappa shape index (κ2) is 7.65. The number of hydrogen-bond donors (Lipinski definition) is 1. The van der Waals surface area contributed by atoms with Gasteiger partial charge in [0.2, 0.25) is 0 Å². The molecule has 0 bridgehead atoms. The predicted octanol–water partition coefficient (Wildman–Crippen LogP) is 5.57. The zero-order valence-corrected chi connectivity index (χ0v) is 19.0. The van der Waals surface area contributed by atoms with Crippen molar-refractivity contribution in [3.63, 3.8) is 0 Å². The maximum Gasteiger partial charge on any atom is 0.168 e. The number of aromatic nitrogens is 3. The maximum atomic E-state index is 13.0. The van der Waals surface area contributed by atoms with Crippen LogP contribution in [-0.4, -0.2) is 25.5 Å². The average Bonchev–Trinajstić information content (AvgIpc) is 3.37. The molecular weight excluding hydrogens is 418 g/mol. The van der Waals surface area contributed by atoms with E-state index in [4.69, 9.17) is 4.98 Å². The van der Waals surface area contributed by atoms with Crippen LogP contribution in [0.4, 0.5) is 0 Å². The molecule has 0 spiro atoms. The van der Waals surface area contributed by atoms with E-state index in [-0.39, 0.29) is 12.2 Å². The smallest absolute Gasteiger partial charge is 0.168 e. The lowest BCUT2D eigenvalue weighted by atomic mass is 9.96. The van der Waals surface area contributed by atoms with Crippen LogP contribution in [0.25, 0.3) is 27.0 Å². The number of aryl methyl sites for hydroxylation is 1. The van der Waals surface area contributed by atoms with E-state index in [0.29, 0.717) is 11.3 Å². The van der Waals surface area contributed by atoms with Crippen LogP contribution >= 0.6 is 11.3 Å². The molecular formula is C26H23N3O2S. The molecule has 0 aliphatic heterocycles. The highest BCUT2D eigenvalue weighted by Crippen LogP contribution is 2.29. The first-order chi connectivity index (χ1) is 15.3. The SMILES string of the molecule is Cc1cc2nc(CC(=O)c3ccc(C(C)(C)O)cc3)cc(-c3ccc4sccc4c3)n2n1. The first kappa shape index (κ1) is 20.5. The Bertz CT molecular complexity index is 1460. The zero-order chi connectivity index (χ0) is 22.5. The fourth-order valence-corrected chi connectivity index (χ4v) is 4.66. The van der Waals surface area contributed by atoms with Gasteiger partial charge >= 0.3 is 0 Å². The van der Waals surface area contributed by atoms with Crippen LogP contribution in [-0.2, 0) is 12.0 Å². The molecule has 1 N–H and O–H groups in total. The van der Waals surface area contributed by atoms with E-state index < -0.39 is 5.60 Å². The number of thiophene rings is 1. The van der Waals surface area contributed by atoms with Crippen molar-refractivity contribution in [1.82, 2.24) is 14.6 Å². The van der Waals surface area contributed by atoms with Gasteiger partial charge in [0.1, 0.15) is 0 Å². The fraction of sp³-hybridized carbons (Fsp3) is 0.192. The highest BCUT2D eigenvalue weighted by Gasteiger charge is 2.18. The molecule has 3 heterocycles. The molecule has 0 unspecified atom stereocenters. The highest BCUT2D eigenvalue weighted by molar-refractivity contribution is 7.17. The summed E-state index contributed by atoms with van der Waals surface area (Å²) in [6.07, 6.45) is 0.191. The molecule has 0 radical (unpaired) electrons. The van der Waals surface area contributed by atoms with Gasteiger partial charge < -0.3 is 5.11 Å². The van der Waals surface area contributed by atoms with Gasteiger partial charge in [0.25, 0.3) is 0 Å². The Morgan fingerprint density at radius 1 is 1.06 bits per heavy atom. The molecule has 32 heavy (non-hydrogen) atoms. The molecule has 5 nitrogen and oxygen atoms in total. The summed E-state index contributed by atoms with van der Waals surface area (Å²) in [4.78, 5) is 17.7. The number of hydrogen-bond acceptors (Lipinski definition) is 5. The fourth-order valence-electron chi connectivity index (χ4n) is 3.89. The summed E-state index contributed by atoms with van der Waals surface area (Å²) < 4.78 is 3.08. The molecule has 0 atom stereocenters. The molecule has 0 amide bonds. The van der Waals surface area contributed by atoms with E-state index >= 15 is 0 Å². The molecule has 0 fully saturated rings. The minimum absolute atomic E-state index is 0.0142. The molecule has 5 rings (SSSR count). The average molecular weight is 442 g/mol. The predicted molar refractivity (Wildman–Crippen MR) is 128 cm³/mol. The molecule has 5 aromatic rings. The highest BCUT2D eigenvalue weighted by atomic mass is 32.1. The van der Waals surface area contributed by atoms with E-state index in [1.165, 1.54) is 10.1 Å². The van der Waals surface area contributed by atoms with Crippen molar-refractivity contribution in [2.45, 2.75) is 32.8 Å². The van der Waals surface area contributed by atoms with E-state index in [1.807, 2.05) is 23.6 Å². The van der Waals surface area contributed by atoms with Crippen molar-refractivity contribution in [1.29, 1.82) is 0 Å². The van der Waals surface area contributed by atoms with Crippen LogP contribution in [0, 0.1) is 6.92 Å². The van der Waals surface area contributed by atoms with Crippen LogP contribution in [0.3, 0.4) is 0 Å². The van der Waals surface area contributed by atoms with Gasteiger partial charge in [-0.25, -0.2) is 9.50 Å². The van der Waals surface area contributed by atoms with Gasteiger partial charge in [0.15, 0.2) is 11.4 Å². The minimum atomic E-state index is -0.938. The number of rotatable bonds is 5. The third kappa shape index (κ3) is 3.83. The Kier molecular flexibility index (Phi) is 4.92. The van der Waals surface area contributed by atoms with Gasteiger partial charge in [-0.05, 0) is 61.4 Å². The second-order valence-corrected chi connectivity index (χ2v) is 9.55. The van der Waals surface area contributed by atoms with Crippen molar-refractivity contribution in [2.24, 2.45) is 0 Å². The number of carbonyl (C=O) groups excluding carboxylic acids is 1. The number of carbonyl (C=O) groups is 1. The number of ketones is 1. The summed E-state index contributed by atoms with van der Waals surface area (Å²) >= 11 is 1.72. The third-order valence-electron chi connectivity index (χ3n) is 5.61. The Hall–Kier alpha value is -3.35. The van der Waals surface area contributed by atoms with Crippen LogP contribution in [0.2, 0.25) is 0 Å². The topological polar surface area (TPSA) is 67.5 Å². The zero-order valence-electron chi connectivity index (χ0n) is 18.2. The van der Waals surface area contributed by atoms with E-state index in [0.717, 1.165) is 28.2 Å². The van der Waals surface area contributed by atoms with Crippen molar-refractivity contribution < 1.29 is 9.90 Å². The van der Waals surface area contributed by atoms with Crippen LogP contribution in [0.5, 0.6) is 0 Å². The van der Waals surface area contributed by atoms with Crippen LogP contribution in [0.1, 0.15) is 41.2 Å². The van der Waals surface area contributed by atoms with Gasteiger partial charge in [-0.1, -0.05) is 30.3 Å². The molecule has 0 saturated carbocycles. The first-order valence-corrected chi connectivity index (χ1v) is 11.4. The van der Waals surface area contributed by atoms with Gasteiger partial charge in [-0.15, -0.1) is 11.3 Å². The summed E-state index contributed by atoms with van der Waals surface area (Å²) in [5.41, 5.74) is 4.69. The Morgan fingerprint density at radius 2 is 1.84 bits per heavy atom. The second-order valence-electron chi connectivity index (χ2n) is 8.60. The number of Topliss-reactive ketones (excluding diaryl/α,β-unsaturated/α-hetero) is 1. The van der Waals surface area contributed by atoms with E-state index in [1.54, 1.807) is 49.4 Å². The Morgan fingerprint density at radius 3 is 2.59 bits per heavy atom. The largest absolute Gasteiger partial charge is 0.386 e. The standard InChI is InChI=1S/C26H23N3O2S/c1-16-12-25-27-21(15-23(30)17-4-7-20(8-5-17)26(2,3)31)14-22(29(25)28-16)18-6-9-24-19(13-18)10-11-32-24/h4-14,31H,15H2,1-3H3. The third-order valence-corrected chi connectivity index (χ3v) is 6.50. The molecule has 6 heteroatoms. The van der Waals surface area contributed by atoms with Gasteiger partial charge in [0, 0.05) is 21.9 Å². The molecule has 3 aromatic heterocycles. The molecule has 2 aromatic carbocycles. The lowest BCUT2D eigenvalue weighted by Crippen LogP contribution is -2.15. The monoisotopic (exact) mass is 441 g/mol. The Labute approximate surface area is 190 Å². The van der Waals surface area contributed by atoms with Gasteiger partial charge in [-0.2, -0.15) is 5.10 Å². The Balaban J connectivity index is 1.52. The quantitative estimate of drug-likeness (QED) is 0.362. The van der Waals surface area contributed by atoms with Gasteiger partial charge in [0.05, 0.1) is 29.1 Å². The van der Waals surface area contributed by atoms with Crippen molar-refractivity contribution in [2.75, 3.05) is 0 Å². The lowest BCUT2D eigenvalue weighted by Gasteiger charge is -2.17. The van der Waals surface area contributed by atoms with Crippen molar-refractivity contribution in [3.05, 3.63) is 88.6 Å². The molecule has 0 aliphatic carbocycles. The summed E-state index contributed by atoms with van der Waals surface area (Å²) in [6.45, 7) is 5.40. The number of benzene rings is 2. The summed E-state index contributed by atoms with van der Waals surface area (Å²) in [6, 6.07) is 19.5. The minimum Gasteiger partial charge on any atom is -0.386 e. The molecule has 160 valence electrons. The van der Waals surface area contributed by atoms with Crippen LogP contribution < -0.4 is 0 Å². The summed E-state index contributed by atoms with van der Waals surface area (Å²) in [5, 5.41) is 18.0. The number of nitrogens with zero attached hydrogens (tertiary/aromatic N) is 3. The normalized spacial score (nSPS) is 12.0. The lowest BCUT2D eigenvalue weighted by molar-refractivity contribution is 0.0784. The van der Waals surface area contributed by atoms with Crippen molar-refractivity contribution in [3.8, 4) is 11.3 Å². The maximum absolute atomic E-state index is 13.0. The van der Waals surface area contributed by atoms with E-state index in [9.17, 15) is 9.90 Å². The van der Waals surface area contributed by atoms with Crippen LogP contribution in [0.15, 0.2) is 66.0 Å². The number of aliphatic hydroxyl groups is 1. The molecule has 0 saturated heterocycles. The number of fused-ring (bicyclic) bond motifs is 2. The van der Waals surface area contributed by atoms with Gasteiger partial charge in [-0.3, -0.25) is 4.79 Å². The van der Waals surface area contributed by atoms with Crippen molar-refractivity contribution >= 4 is 32.9 Å². The van der Waals surface area contributed by atoms with E-state index in [2.05, 4.69) is 34.7 Å². The summed E-state index contributed by atoms with van der Waals surface area (Å²) in [5.74, 6) is -0.0142.